The number of hydrogen-bond acceptors (Lipinski definition) is 3. The molecule has 0 unspecified atom stereocenters. The number of aromatic nitrogens is 3. The first-order chi connectivity index (χ1) is 34.4. The minimum Gasteiger partial charge on any atom is -0.507 e. The Morgan fingerprint density at radius 2 is 1.11 bits per heavy atom. The summed E-state index contributed by atoms with van der Waals surface area (Å²) in [6.45, 7) is 22.6. The van der Waals surface area contributed by atoms with Crippen LogP contribution >= 0.6 is 0 Å². The molecule has 0 spiro atoms. The minimum absolute atomic E-state index is 0. The van der Waals surface area contributed by atoms with E-state index in [9.17, 15) is 5.11 Å². The van der Waals surface area contributed by atoms with E-state index in [2.05, 4.69) is 256 Å². The number of phenolic OH excluding ortho intramolecular Hbond substituents is 1. The molecule has 8 aromatic carbocycles. The van der Waals surface area contributed by atoms with E-state index in [1.807, 2.05) is 12.3 Å². The number of fused-ring (bicyclic) bond motifs is 4. The zero-order valence-corrected chi connectivity index (χ0v) is 45.8. The van der Waals surface area contributed by atoms with Gasteiger partial charge in [0.2, 0.25) is 0 Å². The largest absolute Gasteiger partial charge is 0.507 e. The summed E-state index contributed by atoms with van der Waals surface area (Å²) in [6.07, 6.45) is 1.91. The third kappa shape index (κ3) is 8.78. The Morgan fingerprint density at radius 3 is 1.82 bits per heavy atom. The Morgan fingerprint density at radius 1 is 0.479 bits per heavy atom. The third-order valence-electron chi connectivity index (χ3n) is 15.3. The van der Waals surface area contributed by atoms with Gasteiger partial charge in [-0.3, -0.25) is 9.55 Å². The van der Waals surface area contributed by atoms with E-state index >= 15 is 0 Å². The summed E-state index contributed by atoms with van der Waals surface area (Å²) in [4.78, 5) is 10.7. The number of nitrogens with zero attached hydrogens (tertiary/aromatic N) is 3. The molecule has 1 aliphatic rings. The van der Waals surface area contributed by atoms with E-state index < -0.39 is 0 Å². The Bertz CT molecular complexity index is 3700. The van der Waals surface area contributed by atoms with Crippen LogP contribution in [0.5, 0.6) is 5.75 Å². The van der Waals surface area contributed by atoms with Gasteiger partial charge in [0.1, 0.15) is 11.6 Å². The normalized spacial score (nSPS) is 13.1. The Labute approximate surface area is 446 Å². The van der Waals surface area contributed by atoms with Crippen LogP contribution in [0.4, 0.5) is 0 Å². The summed E-state index contributed by atoms with van der Waals surface area (Å²) in [6, 6.07) is 69.0. The van der Waals surface area contributed by atoms with Crippen LogP contribution in [0.15, 0.2) is 188 Å². The molecule has 0 aliphatic heterocycles. The molecule has 1 aliphatic carbocycles. The predicted molar refractivity (Wildman–Crippen MR) is 300 cm³/mol. The van der Waals surface area contributed by atoms with Crippen molar-refractivity contribution in [2.45, 2.75) is 90.9 Å². The van der Waals surface area contributed by atoms with Gasteiger partial charge in [0.05, 0.1) is 22.3 Å². The number of imidazole rings is 1. The average molecular weight is 1130 g/mol. The van der Waals surface area contributed by atoms with Crippen LogP contribution in [-0.4, -0.2) is 19.6 Å². The van der Waals surface area contributed by atoms with E-state index in [0.717, 1.165) is 72.5 Å². The molecule has 2 aromatic heterocycles. The first-order valence-electron chi connectivity index (χ1n) is 25.3. The van der Waals surface area contributed by atoms with Gasteiger partial charge >= 0.3 is 0 Å². The van der Waals surface area contributed by atoms with Gasteiger partial charge in [-0.2, -0.15) is 0 Å². The second-order valence-corrected chi connectivity index (χ2v) is 22.8. The van der Waals surface area contributed by atoms with Crippen LogP contribution < -0.4 is 0 Å². The molecule has 0 saturated heterocycles. The van der Waals surface area contributed by atoms with Crippen molar-refractivity contribution in [1.29, 1.82) is 0 Å². The third-order valence-corrected chi connectivity index (χ3v) is 15.3. The fourth-order valence-electron chi connectivity index (χ4n) is 10.8. The molecule has 0 amide bonds. The molecular weight excluding hydrogens is 1070 g/mol. The number of benzene rings is 8. The maximum Gasteiger partial charge on any atom is 0.148 e. The van der Waals surface area contributed by atoms with Crippen molar-refractivity contribution < 1.29 is 26.2 Å². The minimum atomic E-state index is -0.275. The van der Waals surface area contributed by atoms with E-state index in [0.29, 0.717) is 11.4 Å². The number of para-hydroxylation sites is 1. The Balaban J connectivity index is 0.00000611. The van der Waals surface area contributed by atoms with Crippen molar-refractivity contribution in [3.8, 4) is 78.6 Å². The maximum absolute atomic E-state index is 12.4. The number of pyridine rings is 1. The molecule has 10 aromatic rings. The molecule has 4 nitrogen and oxygen atoms in total. The van der Waals surface area contributed by atoms with Crippen LogP contribution in [0.3, 0.4) is 0 Å². The second kappa shape index (κ2) is 18.4. The van der Waals surface area contributed by atoms with Crippen molar-refractivity contribution in [2.24, 2.45) is 0 Å². The van der Waals surface area contributed by atoms with Crippen molar-refractivity contribution in [2.75, 3.05) is 0 Å². The fourth-order valence-corrected chi connectivity index (χ4v) is 10.8. The monoisotopic (exact) mass is 1130 g/mol. The topological polar surface area (TPSA) is 50.9 Å². The zero-order chi connectivity index (χ0) is 50.3. The molecule has 2 heterocycles. The molecule has 0 fully saturated rings. The van der Waals surface area contributed by atoms with Gasteiger partial charge < -0.3 is 5.11 Å². The number of hydrogen-bond donors (Lipinski definition) is 1. The van der Waals surface area contributed by atoms with Gasteiger partial charge in [-0.25, -0.2) is 4.98 Å². The first kappa shape index (κ1) is 49.4. The second-order valence-electron chi connectivity index (χ2n) is 22.8. The predicted octanol–water partition coefficient (Wildman–Crippen LogP) is 17.5. The van der Waals surface area contributed by atoms with Crippen LogP contribution in [-0.2, 0) is 42.7 Å². The van der Waals surface area contributed by atoms with Gasteiger partial charge in [0.15, 0.2) is 0 Å². The fraction of sp³-hybridized carbons (Fsp3) is 0.206. The first-order valence-corrected chi connectivity index (χ1v) is 25.3. The van der Waals surface area contributed by atoms with Gasteiger partial charge in [-0.05, 0) is 103 Å². The summed E-state index contributed by atoms with van der Waals surface area (Å²) in [5.41, 5.74) is 20.4. The van der Waals surface area contributed by atoms with Crippen LogP contribution in [0, 0.1) is 6.07 Å². The summed E-state index contributed by atoms with van der Waals surface area (Å²) in [5, 5.41) is 12.4. The van der Waals surface area contributed by atoms with E-state index in [1.54, 1.807) is 0 Å². The van der Waals surface area contributed by atoms with Crippen LogP contribution in [0.25, 0.3) is 83.9 Å². The SMILES string of the molecule is CC(C)(C)c1cc(-c2cc(-c3ccc(C(C)(C)c4ccccc4)cc3)ccn2)[c-]c(-c2cccc3c2nc(-c2cc4c(cc2O)C(C)(C)c2ccccc2-4)n3-c2ccc(C(C)(C)C)cc2-c2ccccc2)c1.[Pt]. The summed E-state index contributed by atoms with van der Waals surface area (Å²) in [7, 11) is 0. The van der Waals surface area contributed by atoms with Crippen LogP contribution in [0.2, 0.25) is 0 Å². The van der Waals surface area contributed by atoms with Gasteiger partial charge in [-0.15, -0.1) is 29.3 Å². The van der Waals surface area contributed by atoms with Crippen molar-refractivity contribution >= 4 is 11.0 Å². The van der Waals surface area contributed by atoms with Gasteiger partial charge in [0.25, 0.3) is 0 Å². The molecule has 0 radical (unpaired) electrons. The molecule has 73 heavy (non-hydrogen) atoms. The maximum atomic E-state index is 12.4. The smallest absolute Gasteiger partial charge is 0.148 e. The molecule has 0 atom stereocenters. The average Bonchev–Trinajstić information content (AvgIpc) is 3.87. The van der Waals surface area contributed by atoms with E-state index in [-0.39, 0.29) is 48.5 Å². The van der Waals surface area contributed by atoms with Gasteiger partial charge in [-0.1, -0.05) is 214 Å². The van der Waals surface area contributed by atoms with Crippen LogP contribution in [0.1, 0.15) is 103 Å². The van der Waals surface area contributed by atoms with E-state index in [1.165, 1.54) is 33.4 Å². The Kier molecular flexibility index (Phi) is 12.5. The Hall–Kier alpha value is -7.13. The molecule has 1 N–H and O–H groups in total. The van der Waals surface area contributed by atoms with Crippen molar-refractivity contribution in [1.82, 2.24) is 14.5 Å². The van der Waals surface area contributed by atoms with E-state index in [4.69, 9.17) is 9.97 Å². The van der Waals surface area contributed by atoms with Gasteiger partial charge in [0, 0.05) is 49.3 Å². The molecule has 5 heteroatoms. The zero-order valence-electron chi connectivity index (χ0n) is 43.5. The number of rotatable bonds is 8. The molecule has 366 valence electrons. The molecular formula is C68H62N3OPt-. The molecule has 11 rings (SSSR count). The molecule has 0 saturated carbocycles. The summed E-state index contributed by atoms with van der Waals surface area (Å²) in [5.74, 6) is 0.866. The van der Waals surface area contributed by atoms with Crippen molar-refractivity contribution in [3.63, 3.8) is 0 Å². The quantitative estimate of drug-likeness (QED) is 0.154. The standard InChI is InChI=1S/C68H62N3O.Pt/c1-65(2,3)50-32-33-60(54(40-50)44-20-13-11-14-21-44)71-61-27-19-25-52(63(61)70-64(71)56-41-55-53-24-17-18-26-57(53)68(9,10)58(55)42-62(56)72)46-36-47(38-51(37-46)66(4,5)6)59-39-45(34-35-69-59)43-28-30-49(31-29-43)67(7,8)48-22-15-12-16-23-48;/h11-35,37-42,72H,1-10H3;/q-1;. The summed E-state index contributed by atoms with van der Waals surface area (Å²) >= 11 is 0. The van der Waals surface area contributed by atoms with Crippen molar-refractivity contribution in [3.05, 3.63) is 228 Å². The number of aromatic hydroxyl groups is 1. The number of phenols is 1. The summed E-state index contributed by atoms with van der Waals surface area (Å²) < 4.78 is 2.27. The molecule has 0 bridgehead atoms.